The van der Waals surface area contributed by atoms with Crippen molar-refractivity contribution >= 4 is 6.03 Å². The number of urea groups is 1. The van der Waals surface area contributed by atoms with Gasteiger partial charge < -0.3 is 20.3 Å². The third-order valence-corrected chi connectivity index (χ3v) is 4.84. The number of carbonyl (C=O) groups excluding carboxylic acids is 1. The zero-order valence-corrected chi connectivity index (χ0v) is 13.6. The van der Waals surface area contributed by atoms with Gasteiger partial charge in [-0.15, -0.1) is 0 Å². The molecule has 1 aliphatic carbocycles. The summed E-state index contributed by atoms with van der Waals surface area (Å²) in [4.78, 5) is 14.6. The van der Waals surface area contributed by atoms with Gasteiger partial charge in [-0.05, 0) is 39.0 Å². The van der Waals surface area contributed by atoms with Gasteiger partial charge in [-0.2, -0.15) is 0 Å². The van der Waals surface area contributed by atoms with Crippen LogP contribution in [0.3, 0.4) is 0 Å². The third-order valence-electron chi connectivity index (χ3n) is 4.84. The van der Waals surface area contributed by atoms with Gasteiger partial charge in [0.05, 0.1) is 0 Å². The molecule has 2 fully saturated rings. The molecule has 1 heterocycles. The fraction of sp³-hybridized carbons (Fsp3) is 0.938. The Morgan fingerprint density at radius 2 is 1.90 bits per heavy atom. The molecule has 2 N–H and O–H groups in total. The molecule has 0 aromatic rings. The highest BCUT2D eigenvalue weighted by atomic mass is 16.5. The largest absolute Gasteiger partial charge is 0.385 e. The average Bonchev–Trinajstić information content (AvgIpc) is 3.00. The number of hydrogen-bond donors (Lipinski definition) is 2. The summed E-state index contributed by atoms with van der Waals surface area (Å²) in [5, 5.41) is 6.10. The van der Waals surface area contributed by atoms with Crippen molar-refractivity contribution in [2.24, 2.45) is 0 Å². The summed E-state index contributed by atoms with van der Waals surface area (Å²) < 4.78 is 5.03. The van der Waals surface area contributed by atoms with Gasteiger partial charge in [-0.3, -0.25) is 0 Å². The van der Waals surface area contributed by atoms with Crippen molar-refractivity contribution in [1.29, 1.82) is 0 Å². The van der Waals surface area contributed by atoms with Gasteiger partial charge in [-0.1, -0.05) is 12.8 Å². The minimum Gasteiger partial charge on any atom is -0.385 e. The molecule has 2 aliphatic rings. The summed E-state index contributed by atoms with van der Waals surface area (Å²) >= 11 is 0. The summed E-state index contributed by atoms with van der Waals surface area (Å²) in [6.45, 7) is 4.96. The Bertz CT molecular complexity index is 311. The minimum absolute atomic E-state index is 0.0297. The molecule has 0 unspecified atom stereocenters. The van der Waals surface area contributed by atoms with Gasteiger partial charge in [0.2, 0.25) is 0 Å². The van der Waals surface area contributed by atoms with Crippen molar-refractivity contribution in [3.05, 3.63) is 0 Å². The summed E-state index contributed by atoms with van der Waals surface area (Å²) in [5.74, 6) is 0. The molecule has 1 saturated carbocycles. The number of likely N-dealkylation sites (tertiary alicyclic amines) is 1. The Morgan fingerprint density at radius 1 is 1.24 bits per heavy atom. The van der Waals surface area contributed by atoms with E-state index in [0.29, 0.717) is 12.6 Å². The molecule has 0 spiro atoms. The first-order valence-electron chi connectivity index (χ1n) is 8.49. The zero-order valence-electron chi connectivity index (χ0n) is 13.6. The van der Waals surface area contributed by atoms with Gasteiger partial charge >= 0.3 is 6.03 Å². The van der Waals surface area contributed by atoms with Gasteiger partial charge in [0.25, 0.3) is 0 Å². The van der Waals surface area contributed by atoms with Crippen LogP contribution < -0.4 is 10.6 Å². The number of carbonyl (C=O) groups is 1. The third kappa shape index (κ3) is 5.47. The molecule has 1 atom stereocenters. The number of methoxy groups -OCH3 is 1. The van der Waals surface area contributed by atoms with Gasteiger partial charge in [0.15, 0.2) is 0 Å². The Balaban J connectivity index is 1.62. The van der Waals surface area contributed by atoms with E-state index < -0.39 is 0 Å². The summed E-state index contributed by atoms with van der Waals surface area (Å²) in [5.41, 5.74) is 0. The van der Waals surface area contributed by atoms with E-state index in [1.807, 2.05) is 6.92 Å². The lowest BCUT2D eigenvalue weighted by Crippen LogP contribution is -2.51. The predicted octanol–water partition coefficient (Wildman–Crippen LogP) is 2.12. The van der Waals surface area contributed by atoms with Crippen LogP contribution in [0.25, 0.3) is 0 Å². The van der Waals surface area contributed by atoms with Gasteiger partial charge in [-0.25, -0.2) is 4.79 Å². The normalized spacial score (nSPS) is 23.1. The Morgan fingerprint density at radius 3 is 2.52 bits per heavy atom. The quantitative estimate of drug-likeness (QED) is 0.789. The molecule has 0 radical (unpaired) electrons. The summed E-state index contributed by atoms with van der Waals surface area (Å²) in [7, 11) is 1.69. The lowest BCUT2D eigenvalue weighted by molar-refractivity contribution is 0.145. The molecule has 0 aromatic carbocycles. The topological polar surface area (TPSA) is 53.6 Å². The van der Waals surface area contributed by atoms with Crippen molar-refractivity contribution in [3.63, 3.8) is 0 Å². The van der Waals surface area contributed by atoms with Crippen molar-refractivity contribution in [2.75, 3.05) is 26.8 Å². The second kappa shape index (κ2) is 8.59. The maximum absolute atomic E-state index is 11.9. The number of amides is 2. The first-order valence-corrected chi connectivity index (χ1v) is 8.49. The molecule has 2 amide bonds. The van der Waals surface area contributed by atoms with E-state index in [9.17, 15) is 4.79 Å². The minimum atomic E-state index is -0.0297. The second-order valence-corrected chi connectivity index (χ2v) is 6.55. The maximum Gasteiger partial charge on any atom is 0.315 e. The van der Waals surface area contributed by atoms with Crippen molar-refractivity contribution in [1.82, 2.24) is 15.5 Å². The molecule has 21 heavy (non-hydrogen) atoms. The first kappa shape index (κ1) is 16.6. The second-order valence-electron chi connectivity index (χ2n) is 6.55. The van der Waals surface area contributed by atoms with Crippen LogP contribution in [0.4, 0.5) is 4.79 Å². The van der Waals surface area contributed by atoms with E-state index in [1.165, 1.54) is 25.7 Å². The average molecular weight is 297 g/mol. The number of rotatable bonds is 6. The van der Waals surface area contributed by atoms with Crippen LogP contribution in [0, 0.1) is 0 Å². The molecule has 1 saturated heterocycles. The van der Waals surface area contributed by atoms with Crippen LogP contribution in [-0.4, -0.2) is 55.9 Å². The lowest BCUT2D eigenvalue weighted by Gasteiger charge is -2.36. The van der Waals surface area contributed by atoms with E-state index in [4.69, 9.17) is 4.74 Å². The SMILES string of the molecule is COCC[C@H](C)NC(=O)NC1CCN(C2CCCC2)CC1. The first-order chi connectivity index (χ1) is 10.2. The Labute approximate surface area is 128 Å². The van der Waals surface area contributed by atoms with Crippen LogP contribution in [0.15, 0.2) is 0 Å². The number of nitrogens with one attached hydrogen (secondary N) is 2. The molecule has 0 bridgehead atoms. The molecular formula is C16H31N3O2. The van der Waals surface area contributed by atoms with Crippen molar-refractivity contribution in [3.8, 4) is 0 Å². The van der Waals surface area contributed by atoms with Crippen molar-refractivity contribution < 1.29 is 9.53 Å². The highest BCUT2D eigenvalue weighted by Gasteiger charge is 2.27. The highest BCUT2D eigenvalue weighted by Crippen LogP contribution is 2.26. The van der Waals surface area contributed by atoms with Gasteiger partial charge in [0.1, 0.15) is 0 Å². The van der Waals surface area contributed by atoms with Crippen LogP contribution >= 0.6 is 0 Å². The molecule has 5 heteroatoms. The maximum atomic E-state index is 11.9. The lowest BCUT2D eigenvalue weighted by atomic mass is 10.0. The van der Waals surface area contributed by atoms with E-state index in [2.05, 4.69) is 15.5 Å². The van der Waals surface area contributed by atoms with E-state index >= 15 is 0 Å². The fourth-order valence-electron chi connectivity index (χ4n) is 3.50. The van der Waals surface area contributed by atoms with Crippen LogP contribution in [-0.2, 0) is 4.74 Å². The molecule has 122 valence electrons. The molecule has 1 aliphatic heterocycles. The number of nitrogens with zero attached hydrogens (tertiary/aromatic N) is 1. The number of piperidine rings is 1. The van der Waals surface area contributed by atoms with Gasteiger partial charge in [0, 0.05) is 44.9 Å². The summed E-state index contributed by atoms with van der Waals surface area (Å²) in [6, 6.07) is 1.27. The number of ether oxygens (including phenoxy) is 1. The van der Waals surface area contributed by atoms with E-state index in [-0.39, 0.29) is 12.1 Å². The van der Waals surface area contributed by atoms with E-state index in [1.54, 1.807) is 7.11 Å². The zero-order chi connectivity index (χ0) is 15.1. The van der Waals surface area contributed by atoms with Crippen molar-refractivity contribution in [2.45, 2.75) is 70.0 Å². The predicted molar refractivity (Wildman–Crippen MR) is 84.5 cm³/mol. The van der Waals surface area contributed by atoms with Crippen LogP contribution in [0.2, 0.25) is 0 Å². The Kier molecular flexibility index (Phi) is 6.77. The van der Waals surface area contributed by atoms with Crippen LogP contribution in [0.5, 0.6) is 0 Å². The molecule has 0 aromatic heterocycles. The fourth-order valence-corrected chi connectivity index (χ4v) is 3.50. The summed E-state index contributed by atoms with van der Waals surface area (Å²) in [6.07, 6.45) is 8.54. The smallest absolute Gasteiger partial charge is 0.315 e. The molecule has 2 rings (SSSR count). The van der Waals surface area contributed by atoms with Crippen LogP contribution in [0.1, 0.15) is 51.9 Å². The number of hydrogen-bond acceptors (Lipinski definition) is 3. The monoisotopic (exact) mass is 297 g/mol. The Hall–Kier alpha value is -0.810. The molecular weight excluding hydrogens is 266 g/mol. The molecule has 5 nitrogen and oxygen atoms in total. The standard InChI is InChI=1S/C16H31N3O2/c1-13(9-12-21-2)17-16(20)18-14-7-10-19(11-8-14)15-5-3-4-6-15/h13-15H,3-12H2,1-2H3,(H2,17,18,20)/t13-/m0/s1. The van der Waals surface area contributed by atoms with E-state index in [0.717, 1.165) is 38.4 Å². The highest BCUT2D eigenvalue weighted by molar-refractivity contribution is 5.74.